The molecule has 0 saturated heterocycles. The molecule has 3 heterocycles. The van der Waals surface area contributed by atoms with E-state index < -0.39 is 58.3 Å². The van der Waals surface area contributed by atoms with Crippen LogP contribution in [0.5, 0.6) is 0 Å². The predicted octanol–water partition coefficient (Wildman–Crippen LogP) is 5.52. The van der Waals surface area contributed by atoms with Crippen LogP contribution in [0.3, 0.4) is 0 Å². The van der Waals surface area contributed by atoms with Crippen molar-refractivity contribution < 1.29 is 41.0 Å². The van der Waals surface area contributed by atoms with Crippen molar-refractivity contribution in [2.45, 2.75) is 24.9 Å². The Hall–Kier alpha value is -4.06. The number of aliphatic hydroxyl groups is 1. The lowest BCUT2D eigenvalue weighted by atomic mass is 9.81. The van der Waals surface area contributed by atoms with E-state index in [1.165, 1.54) is 56.0 Å². The Balaban J connectivity index is 2.13. The van der Waals surface area contributed by atoms with Gasteiger partial charge >= 0.3 is 18.3 Å². The summed E-state index contributed by atoms with van der Waals surface area (Å²) in [6.07, 6.45) is -5.38. The fourth-order valence-corrected chi connectivity index (χ4v) is 4.04. The molecule has 0 aliphatic carbocycles. The number of esters is 1. The van der Waals surface area contributed by atoms with Gasteiger partial charge in [-0.25, -0.2) is 9.78 Å². The largest absolute Gasteiger partial charge is 0.462 e. The molecular weight excluding hydrogens is 504 g/mol. The molecule has 192 valence electrons. The van der Waals surface area contributed by atoms with E-state index in [1.807, 2.05) is 0 Å². The molecular formula is C25H17F6N3O3. The van der Waals surface area contributed by atoms with Gasteiger partial charge in [-0.3, -0.25) is 9.97 Å². The van der Waals surface area contributed by atoms with Crippen molar-refractivity contribution in [3.8, 4) is 0 Å². The Morgan fingerprint density at radius 3 is 1.95 bits per heavy atom. The highest BCUT2D eigenvalue weighted by molar-refractivity contribution is 5.99. The van der Waals surface area contributed by atoms with E-state index in [0.29, 0.717) is 0 Å². The average molecular weight is 521 g/mol. The lowest BCUT2D eigenvalue weighted by Crippen LogP contribution is -2.29. The third-order valence-corrected chi connectivity index (χ3v) is 5.59. The number of nitrogens with zero attached hydrogens (tertiary/aromatic N) is 3. The third-order valence-electron chi connectivity index (χ3n) is 5.59. The molecule has 0 aliphatic rings. The van der Waals surface area contributed by atoms with Crippen LogP contribution in [0.2, 0.25) is 0 Å². The number of pyridine rings is 3. The SMILES string of the molecule is CCOC(=O)c1c(C(F)(F)F)nc2ccc(C(O)(c3cccnc3)c3cccnc3)cc2c1C(F)(F)F. The van der Waals surface area contributed by atoms with Crippen molar-refractivity contribution in [2.24, 2.45) is 0 Å². The number of hydrogen-bond acceptors (Lipinski definition) is 6. The number of alkyl halides is 6. The van der Waals surface area contributed by atoms with Crippen LogP contribution in [0.25, 0.3) is 10.9 Å². The second-order valence-corrected chi connectivity index (χ2v) is 7.85. The summed E-state index contributed by atoms with van der Waals surface area (Å²) in [6.45, 7) is 0.778. The van der Waals surface area contributed by atoms with Gasteiger partial charge < -0.3 is 9.84 Å². The van der Waals surface area contributed by atoms with Crippen LogP contribution in [-0.2, 0) is 22.7 Å². The Morgan fingerprint density at radius 2 is 1.49 bits per heavy atom. The summed E-state index contributed by atoms with van der Waals surface area (Å²) in [7, 11) is 0. The number of ether oxygens (including phenoxy) is 1. The van der Waals surface area contributed by atoms with Gasteiger partial charge in [0.2, 0.25) is 0 Å². The van der Waals surface area contributed by atoms with E-state index >= 15 is 0 Å². The second-order valence-electron chi connectivity index (χ2n) is 7.85. The molecule has 6 nitrogen and oxygen atoms in total. The number of rotatable bonds is 5. The summed E-state index contributed by atoms with van der Waals surface area (Å²) in [5.74, 6) is -1.82. The minimum atomic E-state index is -5.41. The maximum atomic E-state index is 14.3. The Bertz CT molecular complexity index is 1400. The van der Waals surface area contributed by atoms with E-state index in [2.05, 4.69) is 19.7 Å². The quantitative estimate of drug-likeness (QED) is 0.275. The fraction of sp³-hybridized carbons (Fsp3) is 0.200. The molecule has 0 radical (unpaired) electrons. The number of carbonyl (C=O) groups excluding carboxylic acids is 1. The topological polar surface area (TPSA) is 85.2 Å². The lowest BCUT2D eigenvalue weighted by Gasteiger charge is -2.30. The van der Waals surface area contributed by atoms with Crippen LogP contribution in [-0.4, -0.2) is 32.6 Å². The lowest BCUT2D eigenvalue weighted by molar-refractivity contribution is -0.145. The van der Waals surface area contributed by atoms with Gasteiger partial charge in [-0.15, -0.1) is 0 Å². The molecule has 4 rings (SSSR count). The van der Waals surface area contributed by atoms with Gasteiger partial charge in [-0.2, -0.15) is 26.3 Å². The molecule has 0 unspecified atom stereocenters. The smallest absolute Gasteiger partial charge is 0.434 e. The molecule has 0 amide bonds. The van der Waals surface area contributed by atoms with Crippen molar-refractivity contribution in [3.63, 3.8) is 0 Å². The first kappa shape index (κ1) is 26.0. The first-order chi connectivity index (χ1) is 17.4. The summed E-state index contributed by atoms with van der Waals surface area (Å²) in [6, 6.07) is 8.87. The second kappa shape index (κ2) is 9.43. The molecule has 0 saturated carbocycles. The summed E-state index contributed by atoms with van der Waals surface area (Å²) < 4.78 is 88.8. The molecule has 3 aromatic heterocycles. The van der Waals surface area contributed by atoms with Gasteiger partial charge in [0.25, 0.3) is 0 Å². The first-order valence-electron chi connectivity index (χ1n) is 10.7. The number of carbonyl (C=O) groups is 1. The van der Waals surface area contributed by atoms with Crippen molar-refractivity contribution in [2.75, 3.05) is 6.61 Å². The zero-order valence-electron chi connectivity index (χ0n) is 18.9. The molecule has 1 N–H and O–H groups in total. The van der Waals surface area contributed by atoms with Gasteiger partial charge in [-0.1, -0.05) is 18.2 Å². The minimum absolute atomic E-state index is 0.150. The van der Waals surface area contributed by atoms with Crippen LogP contribution in [0.15, 0.2) is 67.3 Å². The van der Waals surface area contributed by atoms with Crippen LogP contribution >= 0.6 is 0 Å². The molecule has 0 fully saturated rings. The predicted molar refractivity (Wildman–Crippen MR) is 118 cm³/mol. The molecule has 0 atom stereocenters. The number of aromatic nitrogens is 3. The highest BCUT2D eigenvalue weighted by Gasteiger charge is 2.47. The van der Waals surface area contributed by atoms with Gasteiger partial charge in [0.05, 0.1) is 17.7 Å². The monoisotopic (exact) mass is 521 g/mol. The number of benzene rings is 1. The summed E-state index contributed by atoms with van der Waals surface area (Å²) >= 11 is 0. The van der Waals surface area contributed by atoms with E-state index in [9.17, 15) is 36.2 Å². The molecule has 37 heavy (non-hydrogen) atoms. The van der Waals surface area contributed by atoms with E-state index in [-0.39, 0.29) is 16.7 Å². The highest BCUT2D eigenvalue weighted by atomic mass is 19.4. The minimum Gasteiger partial charge on any atom is -0.462 e. The highest BCUT2D eigenvalue weighted by Crippen LogP contribution is 2.44. The zero-order chi connectivity index (χ0) is 27.0. The van der Waals surface area contributed by atoms with Gasteiger partial charge in [0.15, 0.2) is 5.69 Å². The molecule has 1 aromatic carbocycles. The molecule has 12 heteroatoms. The molecule has 0 bridgehead atoms. The Kier molecular flexibility index (Phi) is 6.63. The van der Waals surface area contributed by atoms with E-state index in [1.54, 1.807) is 0 Å². The van der Waals surface area contributed by atoms with E-state index in [0.717, 1.165) is 18.2 Å². The average Bonchev–Trinajstić information content (AvgIpc) is 2.86. The van der Waals surface area contributed by atoms with Gasteiger partial charge in [-0.05, 0) is 36.8 Å². The van der Waals surface area contributed by atoms with Crippen molar-refractivity contribution in [3.05, 3.63) is 101 Å². The van der Waals surface area contributed by atoms with Crippen LogP contribution in [0, 0.1) is 0 Å². The van der Waals surface area contributed by atoms with Gasteiger partial charge in [0, 0.05) is 41.3 Å². The summed E-state index contributed by atoms with van der Waals surface area (Å²) in [4.78, 5) is 23.7. The van der Waals surface area contributed by atoms with Crippen LogP contribution < -0.4 is 0 Å². The number of fused-ring (bicyclic) bond motifs is 1. The summed E-state index contributed by atoms with van der Waals surface area (Å²) in [5.41, 5.74) is -8.27. The Morgan fingerprint density at radius 1 is 0.892 bits per heavy atom. The van der Waals surface area contributed by atoms with Crippen molar-refractivity contribution >= 4 is 16.9 Å². The first-order valence-corrected chi connectivity index (χ1v) is 10.7. The standard InChI is InChI=1S/C25H17F6N3O3/c1-2-37-22(35)19-20(24(26,27)28)17-11-14(7-8-18(17)34-21(19)25(29,30)31)23(36,15-5-3-9-32-12-15)16-6-4-10-33-13-16/h3-13,36H,2H2,1H3. The van der Waals surface area contributed by atoms with Crippen LogP contribution in [0.4, 0.5) is 26.3 Å². The van der Waals surface area contributed by atoms with Crippen LogP contribution in [0.1, 0.15) is 45.2 Å². The maximum Gasteiger partial charge on any atom is 0.434 e. The Labute approximate surface area is 205 Å². The fourth-order valence-electron chi connectivity index (χ4n) is 4.04. The number of hydrogen-bond donors (Lipinski definition) is 1. The third kappa shape index (κ3) is 4.71. The normalized spacial score (nSPS) is 12.5. The number of halogens is 6. The maximum absolute atomic E-state index is 14.3. The summed E-state index contributed by atoms with van der Waals surface area (Å²) in [5, 5.41) is 11.0. The molecule has 0 aliphatic heterocycles. The molecule has 0 spiro atoms. The van der Waals surface area contributed by atoms with E-state index in [4.69, 9.17) is 0 Å². The van der Waals surface area contributed by atoms with Crippen molar-refractivity contribution in [1.29, 1.82) is 0 Å². The molecule has 4 aromatic rings. The van der Waals surface area contributed by atoms with Crippen molar-refractivity contribution in [1.82, 2.24) is 15.0 Å². The zero-order valence-corrected chi connectivity index (χ0v) is 18.9. The van der Waals surface area contributed by atoms with Gasteiger partial charge in [0.1, 0.15) is 11.2 Å².